The molecule has 206 valence electrons. The van der Waals surface area contributed by atoms with Crippen LogP contribution in [-0.2, 0) is 13.0 Å². The number of halogens is 1. The molecule has 8 nitrogen and oxygen atoms in total. The Morgan fingerprint density at radius 2 is 1.75 bits per heavy atom. The molecule has 0 radical (unpaired) electrons. The third-order valence-electron chi connectivity index (χ3n) is 7.27. The number of carbonyl (C=O) groups is 1. The molecule has 4 aromatic rings. The molecule has 1 aliphatic carbocycles. The summed E-state index contributed by atoms with van der Waals surface area (Å²) in [5.41, 5.74) is 6.03. The number of aromatic nitrogens is 4. The smallest absolute Gasteiger partial charge is 0.322 e. The zero-order valence-electron chi connectivity index (χ0n) is 22.4. The molecule has 0 fully saturated rings. The minimum Gasteiger partial charge on any atom is -0.388 e. The van der Waals surface area contributed by atoms with Gasteiger partial charge in [0.15, 0.2) is 5.82 Å². The topological polar surface area (TPSA) is 107 Å². The van der Waals surface area contributed by atoms with Gasteiger partial charge in [0, 0.05) is 17.1 Å². The standard InChI is InChI=1S/C31H33ClN6O2/c1-21(23-11-15-27(32)16-12-23)33-31(40)38(28-17-13-25(14-18-28)24-5-3-2-4-6-24)20-22-7-9-26(10-8-22)29(39)19-30-34-36-37-35-30/h5,7-18,21,29,39H,2-4,6,19-20H2,1H3,(H,33,40)(H,34,35,36,37)/t21-,29-/m0/s1. The average Bonchev–Trinajstić information content (AvgIpc) is 3.50. The molecule has 3 aromatic carbocycles. The van der Waals surface area contributed by atoms with Crippen LogP contribution in [0.1, 0.15) is 72.8 Å². The van der Waals surface area contributed by atoms with Gasteiger partial charge in [0.05, 0.1) is 18.7 Å². The van der Waals surface area contributed by atoms with Gasteiger partial charge in [-0.05, 0) is 84.7 Å². The van der Waals surface area contributed by atoms with Gasteiger partial charge in [0.2, 0.25) is 0 Å². The molecule has 2 atom stereocenters. The van der Waals surface area contributed by atoms with Crippen molar-refractivity contribution >= 4 is 28.9 Å². The molecule has 0 saturated heterocycles. The molecule has 2 amide bonds. The van der Waals surface area contributed by atoms with Gasteiger partial charge >= 0.3 is 6.03 Å². The third kappa shape index (κ3) is 6.94. The summed E-state index contributed by atoms with van der Waals surface area (Å²) in [6.07, 6.45) is 6.49. The molecule has 0 aliphatic heterocycles. The van der Waals surface area contributed by atoms with E-state index in [0.29, 0.717) is 17.4 Å². The summed E-state index contributed by atoms with van der Waals surface area (Å²) in [5.74, 6) is 0.446. The minimum atomic E-state index is -0.757. The number of hydrogen-bond acceptors (Lipinski definition) is 5. The number of aromatic amines is 1. The predicted octanol–water partition coefficient (Wildman–Crippen LogP) is 6.56. The SMILES string of the molecule is C[C@H](NC(=O)N(Cc1ccc([C@@H](O)Cc2nn[nH]n2)cc1)c1ccc(C2=CCCCC2)cc1)c1ccc(Cl)cc1. The molecule has 40 heavy (non-hydrogen) atoms. The van der Waals surface area contributed by atoms with Crippen LogP contribution in [0.25, 0.3) is 5.57 Å². The summed E-state index contributed by atoms with van der Waals surface area (Å²) in [7, 11) is 0. The van der Waals surface area contributed by atoms with Crippen molar-refractivity contribution in [2.45, 2.75) is 57.7 Å². The van der Waals surface area contributed by atoms with Gasteiger partial charge in [0.1, 0.15) is 0 Å². The maximum atomic E-state index is 13.7. The van der Waals surface area contributed by atoms with Gasteiger partial charge in [-0.3, -0.25) is 4.90 Å². The monoisotopic (exact) mass is 556 g/mol. The molecular weight excluding hydrogens is 524 g/mol. The van der Waals surface area contributed by atoms with Gasteiger partial charge in [0.25, 0.3) is 0 Å². The number of nitrogens with one attached hydrogen (secondary N) is 2. The lowest BCUT2D eigenvalue weighted by Gasteiger charge is -2.26. The lowest BCUT2D eigenvalue weighted by atomic mass is 9.93. The number of anilines is 1. The molecule has 0 spiro atoms. The van der Waals surface area contributed by atoms with Crippen molar-refractivity contribution in [3.63, 3.8) is 0 Å². The number of benzene rings is 3. The maximum absolute atomic E-state index is 13.7. The number of allylic oxidation sites excluding steroid dienone is 2. The van der Waals surface area contributed by atoms with Gasteiger partial charge in [-0.25, -0.2) is 4.79 Å². The minimum absolute atomic E-state index is 0.201. The highest BCUT2D eigenvalue weighted by Crippen LogP contribution is 2.29. The van der Waals surface area contributed by atoms with E-state index < -0.39 is 6.10 Å². The summed E-state index contributed by atoms with van der Waals surface area (Å²) in [4.78, 5) is 15.4. The van der Waals surface area contributed by atoms with Gasteiger partial charge in [-0.15, -0.1) is 10.2 Å². The van der Waals surface area contributed by atoms with Crippen LogP contribution < -0.4 is 10.2 Å². The second-order valence-corrected chi connectivity index (χ2v) is 10.6. The third-order valence-corrected chi connectivity index (χ3v) is 7.52. The molecule has 0 unspecified atom stereocenters. The lowest BCUT2D eigenvalue weighted by Crippen LogP contribution is -2.40. The Labute approximate surface area is 239 Å². The molecule has 5 rings (SSSR count). The first-order chi connectivity index (χ1) is 19.5. The van der Waals surface area contributed by atoms with Crippen molar-refractivity contribution in [3.8, 4) is 0 Å². The van der Waals surface area contributed by atoms with E-state index in [2.05, 4.69) is 44.1 Å². The summed E-state index contributed by atoms with van der Waals surface area (Å²) < 4.78 is 0. The first kappa shape index (κ1) is 27.6. The average molecular weight is 557 g/mol. The van der Waals surface area contributed by atoms with Crippen LogP contribution in [0.2, 0.25) is 5.02 Å². The zero-order chi connectivity index (χ0) is 27.9. The lowest BCUT2D eigenvalue weighted by molar-refractivity contribution is 0.176. The predicted molar refractivity (Wildman–Crippen MR) is 157 cm³/mol. The number of urea groups is 1. The highest BCUT2D eigenvalue weighted by Gasteiger charge is 2.20. The molecular formula is C31H33ClN6O2. The van der Waals surface area contributed by atoms with E-state index in [4.69, 9.17) is 11.6 Å². The van der Waals surface area contributed by atoms with Crippen molar-refractivity contribution in [2.75, 3.05) is 4.90 Å². The fourth-order valence-corrected chi connectivity index (χ4v) is 5.05. The van der Waals surface area contributed by atoms with Crippen LogP contribution >= 0.6 is 11.6 Å². The van der Waals surface area contributed by atoms with Crippen molar-refractivity contribution in [1.29, 1.82) is 0 Å². The van der Waals surface area contributed by atoms with Crippen LogP contribution in [0.15, 0.2) is 78.9 Å². The first-order valence-electron chi connectivity index (χ1n) is 13.6. The van der Waals surface area contributed by atoms with Crippen molar-refractivity contribution < 1.29 is 9.90 Å². The quantitative estimate of drug-likeness (QED) is 0.216. The Morgan fingerprint density at radius 1 is 1.02 bits per heavy atom. The first-order valence-corrected chi connectivity index (χ1v) is 14.0. The van der Waals surface area contributed by atoms with E-state index >= 15 is 0 Å². The summed E-state index contributed by atoms with van der Waals surface area (Å²) in [6.45, 7) is 2.32. The fraction of sp³-hybridized carbons (Fsp3) is 0.290. The Kier molecular flexibility index (Phi) is 8.88. The number of rotatable bonds is 9. The largest absolute Gasteiger partial charge is 0.388 e. The van der Waals surface area contributed by atoms with Gasteiger partial charge in [-0.2, -0.15) is 5.21 Å². The highest BCUT2D eigenvalue weighted by molar-refractivity contribution is 6.30. The molecule has 1 aliphatic rings. The van der Waals surface area contributed by atoms with E-state index in [1.807, 2.05) is 67.6 Å². The summed E-state index contributed by atoms with van der Waals surface area (Å²) in [6, 6.07) is 22.9. The zero-order valence-corrected chi connectivity index (χ0v) is 23.2. The van der Waals surface area contributed by atoms with Crippen LogP contribution in [-0.4, -0.2) is 31.8 Å². The Morgan fingerprint density at radius 3 is 2.40 bits per heavy atom. The van der Waals surface area contributed by atoms with E-state index in [1.54, 1.807) is 4.90 Å². The number of amides is 2. The number of hydrogen-bond donors (Lipinski definition) is 3. The van der Waals surface area contributed by atoms with Crippen LogP contribution in [0.4, 0.5) is 10.5 Å². The normalized spacial score (nSPS) is 14.7. The molecule has 9 heteroatoms. The van der Waals surface area contributed by atoms with E-state index in [1.165, 1.54) is 24.0 Å². The number of aliphatic hydroxyl groups is 1. The molecule has 0 saturated carbocycles. The Hall–Kier alpha value is -4.01. The Balaban J connectivity index is 1.35. The summed E-state index contributed by atoms with van der Waals surface area (Å²) in [5, 5.41) is 28.1. The number of tetrazole rings is 1. The Bertz CT molecular complexity index is 1420. The van der Waals surface area contributed by atoms with E-state index in [-0.39, 0.29) is 18.5 Å². The molecule has 1 aromatic heterocycles. The summed E-state index contributed by atoms with van der Waals surface area (Å²) >= 11 is 6.05. The van der Waals surface area contributed by atoms with Crippen LogP contribution in [0.3, 0.4) is 0 Å². The highest BCUT2D eigenvalue weighted by atomic mass is 35.5. The van der Waals surface area contributed by atoms with Crippen molar-refractivity contribution in [1.82, 2.24) is 25.9 Å². The number of aliphatic hydroxyl groups excluding tert-OH is 1. The van der Waals surface area contributed by atoms with Crippen molar-refractivity contribution in [3.05, 3.63) is 112 Å². The maximum Gasteiger partial charge on any atom is 0.322 e. The van der Waals surface area contributed by atoms with E-state index in [9.17, 15) is 9.90 Å². The molecule has 3 N–H and O–H groups in total. The molecule has 0 bridgehead atoms. The second-order valence-electron chi connectivity index (χ2n) is 10.1. The van der Waals surface area contributed by atoms with Gasteiger partial charge < -0.3 is 10.4 Å². The fourth-order valence-electron chi connectivity index (χ4n) is 4.92. The molecule has 1 heterocycles. The second kappa shape index (κ2) is 12.9. The van der Waals surface area contributed by atoms with Crippen molar-refractivity contribution in [2.24, 2.45) is 0 Å². The van der Waals surface area contributed by atoms with Crippen LogP contribution in [0, 0.1) is 0 Å². The van der Waals surface area contributed by atoms with Crippen LogP contribution in [0.5, 0.6) is 0 Å². The number of H-pyrrole nitrogens is 1. The van der Waals surface area contributed by atoms with Gasteiger partial charge in [-0.1, -0.05) is 71.4 Å². The number of carbonyl (C=O) groups excluding carboxylic acids is 1. The van der Waals surface area contributed by atoms with E-state index in [0.717, 1.165) is 35.2 Å². The number of nitrogens with zero attached hydrogens (tertiary/aromatic N) is 4.